The normalized spacial score (nSPS) is 10.8. The monoisotopic (exact) mass is 282 g/mol. The number of ether oxygens (including phenoxy) is 2. The predicted octanol–water partition coefficient (Wildman–Crippen LogP) is 2.68. The van der Waals surface area contributed by atoms with E-state index in [1.807, 2.05) is 0 Å². The number of carbonyl (C=O) groups is 2. The topological polar surface area (TPSA) is 52.6 Å². The van der Waals surface area contributed by atoms with E-state index in [-0.39, 0.29) is 12.0 Å². The van der Waals surface area contributed by atoms with E-state index < -0.39 is 23.7 Å². The number of carbonyl (C=O) groups excluding carboxylic acids is 2. The van der Waals surface area contributed by atoms with Gasteiger partial charge in [-0.05, 0) is 32.4 Å². The summed E-state index contributed by atoms with van der Waals surface area (Å²) >= 11 is 0. The standard InChI is InChI=1S/C15H19FO4/c1-4-19-15(20-5-2)14(18)9-13(17)11-7-6-10(3)12(16)8-11/h6-8,15H,4-5,9H2,1-3H3. The van der Waals surface area contributed by atoms with Crippen molar-refractivity contribution in [1.29, 1.82) is 0 Å². The highest BCUT2D eigenvalue weighted by molar-refractivity contribution is 6.08. The highest BCUT2D eigenvalue weighted by atomic mass is 19.1. The van der Waals surface area contributed by atoms with Crippen molar-refractivity contribution in [3.05, 3.63) is 35.1 Å². The average molecular weight is 282 g/mol. The maximum atomic E-state index is 13.4. The molecule has 0 saturated heterocycles. The molecule has 0 unspecified atom stereocenters. The van der Waals surface area contributed by atoms with E-state index in [0.717, 1.165) is 6.07 Å². The summed E-state index contributed by atoms with van der Waals surface area (Å²) in [5.74, 6) is -1.37. The second-order valence-electron chi connectivity index (χ2n) is 4.27. The van der Waals surface area contributed by atoms with Crippen molar-refractivity contribution in [3.63, 3.8) is 0 Å². The van der Waals surface area contributed by atoms with Crippen LogP contribution in [0, 0.1) is 12.7 Å². The Morgan fingerprint density at radius 2 is 1.80 bits per heavy atom. The molecular formula is C15H19FO4. The van der Waals surface area contributed by atoms with Crippen LogP contribution in [0.5, 0.6) is 0 Å². The Kier molecular flexibility index (Phi) is 6.48. The number of rotatable bonds is 8. The molecule has 0 bridgehead atoms. The van der Waals surface area contributed by atoms with Gasteiger partial charge in [-0.25, -0.2) is 4.39 Å². The summed E-state index contributed by atoms with van der Waals surface area (Å²) in [6.07, 6.45) is -1.41. The van der Waals surface area contributed by atoms with Crippen molar-refractivity contribution in [2.45, 2.75) is 33.5 Å². The second-order valence-corrected chi connectivity index (χ2v) is 4.27. The zero-order valence-electron chi connectivity index (χ0n) is 11.9. The van der Waals surface area contributed by atoms with Crippen molar-refractivity contribution in [3.8, 4) is 0 Å². The summed E-state index contributed by atoms with van der Waals surface area (Å²) in [4.78, 5) is 23.8. The van der Waals surface area contributed by atoms with Gasteiger partial charge in [0.25, 0.3) is 0 Å². The summed E-state index contributed by atoms with van der Waals surface area (Å²) < 4.78 is 23.6. The van der Waals surface area contributed by atoms with E-state index >= 15 is 0 Å². The van der Waals surface area contributed by atoms with Gasteiger partial charge < -0.3 is 9.47 Å². The first-order valence-electron chi connectivity index (χ1n) is 6.54. The third-order valence-corrected chi connectivity index (χ3v) is 2.73. The quantitative estimate of drug-likeness (QED) is 0.418. The van der Waals surface area contributed by atoms with Crippen molar-refractivity contribution in [2.24, 2.45) is 0 Å². The fraction of sp³-hybridized carbons (Fsp3) is 0.467. The summed E-state index contributed by atoms with van der Waals surface area (Å²) in [5, 5.41) is 0. The van der Waals surface area contributed by atoms with E-state index in [1.54, 1.807) is 20.8 Å². The first-order valence-corrected chi connectivity index (χ1v) is 6.54. The number of hydrogen-bond acceptors (Lipinski definition) is 4. The van der Waals surface area contributed by atoms with Crippen LogP contribution in [0.1, 0.15) is 36.2 Å². The minimum atomic E-state index is -1.04. The van der Waals surface area contributed by atoms with Crippen molar-refractivity contribution in [1.82, 2.24) is 0 Å². The minimum Gasteiger partial charge on any atom is -0.346 e. The molecule has 0 aliphatic rings. The number of Topliss-reactive ketones (excluding diaryl/α,β-unsaturated/α-hetero) is 2. The van der Waals surface area contributed by atoms with E-state index in [2.05, 4.69) is 0 Å². The van der Waals surface area contributed by atoms with Crippen molar-refractivity contribution >= 4 is 11.6 Å². The molecule has 0 amide bonds. The Bertz CT molecular complexity index is 479. The molecule has 0 spiro atoms. The summed E-state index contributed by atoms with van der Waals surface area (Å²) in [5.41, 5.74) is 0.627. The van der Waals surface area contributed by atoms with Crippen LogP contribution in [-0.4, -0.2) is 31.1 Å². The molecule has 0 aromatic heterocycles. The molecule has 20 heavy (non-hydrogen) atoms. The Labute approximate surface area is 117 Å². The Morgan fingerprint density at radius 1 is 1.20 bits per heavy atom. The van der Waals surface area contributed by atoms with E-state index in [4.69, 9.17) is 9.47 Å². The second kappa shape index (κ2) is 7.87. The molecule has 0 aliphatic carbocycles. The largest absolute Gasteiger partial charge is 0.346 e. The zero-order chi connectivity index (χ0) is 15.1. The van der Waals surface area contributed by atoms with Gasteiger partial charge in [0, 0.05) is 18.8 Å². The van der Waals surface area contributed by atoms with Gasteiger partial charge in [0.15, 0.2) is 11.6 Å². The summed E-state index contributed by atoms with van der Waals surface area (Å²) in [6, 6.07) is 4.15. The van der Waals surface area contributed by atoms with Gasteiger partial charge in [-0.2, -0.15) is 0 Å². The van der Waals surface area contributed by atoms with E-state index in [0.29, 0.717) is 18.8 Å². The van der Waals surface area contributed by atoms with Crippen molar-refractivity contribution < 1.29 is 23.5 Å². The van der Waals surface area contributed by atoms with Gasteiger partial charge >= 0.3 is 0 Å². The first kappa shape index (κ1) is 16.5. The lowest BCUT2D eigenvalue weighted by molar-refractivity contribution is -0.166. The van der Waals surface area contributed by atoms with Gasteiger partial charge in [0.1, 0.15) is 5.82 Å². The Hall–Kier alpha value is -1.59. The number of benzene rings is 1. The third kappa shape index (κ3) is 4.51. The van der Waals surface area contributed by atoms with E-state index in [9.17, 15) is 14.0 Å². The molecule has 0 atom stereocenters. The number of halogens is 1. The van der Waals surface area contributed by atoms with Gasteiger partial charge in [-0.1, -0.05) is 12.1 Å². The lowest BCUT2D eigenvalue weighted by atomic mass is 10.0. The summed E-state index contributed by atoms with van der Waals surface area (Å²) in [7, 11) is 0. The molecule has 4 nitrogen and oxygen atoms in total. The molecule has 0 fully saturated rings. The van der Waals surface area contributed by atoms with Gasteiger partial charge in [-0.15, -0.1) is 0 Å². The number of aryl methyl sites for hydroxylation is 1. The van der Waals surface area contributed by atoms with Crippen LogP contribution < -0.4 is 0 Å². The molecule has 0 N–H and O–H groups in total. The molecule has 1 rings (SSSR count). The molecule has 0 radical (unpaired) electrons. The Morgan fingerprint density at radius 3 is 2.30 bits per heavy atom. The molecular weight excluding hydrogens is 263 g/mol. The molecule has 5 heteroatoms. The van der Waals surface area contributed by atoms with Crippen LogP contribution in [0.2, 0.25) is 0 Å². The molecule has 1 aromatic carbocycles. The molecule has 1 aromatic rings. The maximum Gasteiger partial charge on any atom is 0.218 e. The minimum absolute atomic E-state index is 0.174. The third-order valence-electron chi connectivity index (χ3n) is 2.73. The fourth-order valence-electron chi connectivity index (χ4n) is 1.65. The molecule has 0 heterocycles. The highest BCUT2D eigenvalue weighted by Gasteiger charge is 2.22. The van der Waals surface area contributed by atoms with E-state index in [1.165, 1.54) is 12.1 Å². The van der Waals surface area contributed by atoms with Gasteiger partial charge in [0.2, 0.25) is 6.29 Å². The molecule has 110 valence electrons. The van der Waals surface area contributed by atoms with Crippen molar-refractivity contribution in [2.75, 3.05) is 13.2 Å². The highest BCUT2D eigenvalue weighted by Crippen LogP contribution is 2.12. The Balaban J connectivity index is 2.73. The maximum absolute atomic E-state index is 13.4. The van der Waals surface area contributed by atoms with Crippen LogP contribution in [0.15, 0.2) is 18.2 Å². The number of hydrogen-bond donors (Lipinski definition) is 0. The molecule has 0 saturated carbocycles. The first-order chi connectivity index (χ1) is 9.49. The SMILES string of the molecule is CCOC(OCC)C(=O)CC(=O)c1ccc(C)c(F)c1. The lowest BCUT2D eigenvalue weighted by Gasteiger charge is -2.15. The predicted molar refractivity (Wildman–Crippen MR) is 72.1 cm³/mol. The average Bonchev–Trinajstić information content (AvgIpc) is 2.41. The van der Waals surface area contributed by atoms with Crippen LogP contribution in [0.25, 0.3) is 0 Å². The van der Waals surface area contributed by atoms with Gasteiger partial charge in [0.05, 0.1) is 6.42 Å². The fourth-order valence-corrected chi connectivity index (χ4v) is 1.65. The molecule has 0 aliphatic heterocycles. The van der Waals surface area contributed by atoms with Crippen LogP contribution >= 0.6 is 0 Å². The lowest BCUT2D eigenvalue weighted by Crippen LogP contribution is -2.29. The summed E-state index contributed by atoms with van der Waals surface area (Å²) in [6.45, 7) is 5.69. The smallest absolute Gasteiger partial charge is 0.218 e. The van der Waals surface area contributed by atoms with Crippen LogP contribution in [-0.2, 0) is 14.3 Å². The number of ketones is 2. The van der Waals surface area contributed by atoms with Crippen LogP contribution in [0.3, 0.4) is 0 Å². The zero-order valence-corrected chi connectivity index (χ0v) is 11.9. The van der Waals surface area contributed by atoms with Gasteiger partial charge in [-0.3, -0.25) is 9.59 Å². The van der Waals surface area contributed by atoms with Crippen LogP contribution in [0.4, 0.5) is 4.39 Å².